The minimum Gasteiger partial charge on any atom is -0.462 e. The zero-order chi connectivity index (χ0) is 54.5. The van der Waals surface area contributed by atoms with Gasteiger partial charge < -0.3 is 20.1 Å². The van der Waals surface area contributed by atoms with Gasteiger partial charge >= 0.3 is 19.8 Å². The van der Waals surface area contributed by atoms with Crippen molar-refractivity contribution in [1.82, 2.24) is 0 Å². The van der Waals surface area contributed by atoms with Crippen molar-refractivity contribution in [1.29, 1.82) is 0 Å². The average Bonchev–Trinajstić information content (AvgIpc) is 3.40. The monoisotopic (exact) mass is 1070 g/mol. The zero-order valence-corrected chi connectivity index (χ0v) is 49.7. The standard InChI is InChI=1S/C65H118NO8P/c1-3-5-7-9-11-13-15-17-19-21-23-25-27-28-29-30-31-32-33-34-36-38-40-42-44-46-48-50-52-54-56-58-65(68)74-63(62-73-75(69,70)72-60-59-66)61-71-64(67)57-55-53-51-49-47-45-43-41-39-37-35-26-24-22-20-18-16-14-12-10-8-6-4-2/h5,7,11,13,17,19,23,25,28-29,31-32,63H,3-4,6,8-10,12,14-16,18,20-22,24,26-27,30,33-62,66H2,1-2H3,(H,69,70)/b7-5-,13-11-,19-17-,25-23-,29-28-,32-31-. The molecule has 2 unspecified atom stereocenters. The van der Waals surface area contributed by atoms with E-state index in [1.54, 1.807) is 0 Å². The third-order valence-corrected chi connectivity index (χ3v) is 14.6. The van der Waals surface area contributed by atoms with Crippen LogP contribution in [-0.4, -0.2) is 49.3 Å². The van der Waals surface area contributed by atoms with Crippen LogP contribution < -0.4 is 5.73 Å². The van der Waals surface area contributed by atoms with E-state index >= 15 is 0 Å². The molecule has 0 aromatic heterocycles. The molecule has 0 radical (unpaired) electrons. The molecule has 3 N–H and O–H groups in total. The van der Waals surface area contributed by atoms with Gasteiger partial charge in [0.15, 0.2) is 6.10 Å². The number of unbranched alkanes of at least 4 members (excludes halogenated alkanes) is 34. The van der Waals surface area contributed by atoms with Crippen molar-refractivity contribution < 1.29 is 37.6 Å². The van der Waals surface area contributed by atoms with Gasteiger partial charge in [-0.3, -0.25) is 18.6 Å². The molecule has 436 valence electrons. The molecule has 10 heteroatoms. The maximum Gasteiger partial charge on any atom is 0.472 e. The number of phosphoric ester groups is 1. The maximum atomic E-state index is 12.7. The van der Waals surface area contributed by atoms with Gasteiger partial charge in [-0.25, -0.2) is 4.57 Å². The third kappa shape index (κ3) is 60.5. The molecule has 0 saturated carbocycles. The van der Waals surface area contributed by atoms with Crippen molar-refractivity contribution >= 4 is 19.8 Å². The summed E-state index contributed by atoms with van der Waals surface area (Å²) in [6, 6.07) is 0. The minimum atomic E-state index is -4.39. The number of hydrogen-bond donors (Lipinski definition) is 2. The van der Waals surface area contributed by atoms with Gasteiger partial charge in [-0.2, -0.15) is 0 Å². The van der Waals surface area contributed by atoms with Crippen LogP contribution in [0.5, 0.6) is 0 Å². The topological polar surface area (TPSA) is 134 Å². The van der Waals surface area contributed by atoms with Crippen LogP contribution in [0.2, 0.25) is 0 Å². The molecule has 0 heterocycles. The smallest absolute Gasteiger partial charge is 0.462 e. The Morgan fingerprint density at radius 2 is 0.733 bits per heavy atom. The van der Waals surface area contributed by atoms with E-state index in [9.17, 15) is 19.0 Å². The fraction of sp³-hybridized carbons (Fsp3) is 0.785. The molecule has 0 aromatic carbocycles. The SMILES string of the molecule is CC/C=C\C/C=C\C/C=C\C/C=C\C/C=C\C/C=C\CCCCCCCCCCCCCCC(=O)OC(COC(=O)CCCCCCCCCCCCCCCCCCCCCCCCC)COP(=O)(O)OCCN. The predicted octanol–water partition coefficient (Wildman–Crippen LogP) is 20.1. The number of allylic oxidation sites excluding steroid dienone is 12. The Hall–Kier alpha value is -2.55. The molecular formula is C65H118NO8P. The van der Waals surface area contributed by atoms with Crippen LogP contribution in [0.1, 0.15) is 296 Å². The van der Waals surface area contributed by atoms with Crippen LogP contribution >= 0.6 is 7.82 Å². The Labute approximate surface area is 462 Å². The number of hydrogen-bond acceptors (Lipinski definition) is 8. The van der Waals surface area contributed by atoms with Gasteiger partial charge in [0, 0.05) is 19.4 Å². The predicted molar refractivity (Wildman–Crippen MR) is 321 cm³/mol. The lowest BCUT2D eigenvalue weighted by Crippen LogP contribution is -2.29. The molecule has 0 saturated heterocycles. The highest BCUT2D eigenvalue weighted by atomic mass is 31.2. The highest BCUT2D eigenvalue weighted by Crippen LogP contribution is 2.43. The van der Waals surface area contributed by atoms with Crippen molar-refractivity contribution in [2.45, 2.75) is 302 Å². The summed E-state index contributed by atoms with van der Waals surface area (Å²) >= 11 is 0. The Balaban J connectivity index is 3.93. The first-order chi connectivity index (χ1) is 36.8. The second-order valence-electron chi connectivity index (χ2n) is 20.9. The van der Waals surface area contributed by atoms with Crippen LogP contribution in [-0.2, 0) is 32.7 Å². The lowest BCUT2D eigenvalue weighted by atomic mass is 10.0. The number of carbonyl (C=O) groups excluding carboxylic acids is 2. The molecule has 0 aliphatic carbocycles. The summed E-state index contributed by atoms with van der Waals surface area (Å²) < 4.78 is 33.1. The summed E-state index contributed by atoms with van der Waals surface area (Å²) in [6.07, 6.45) is 78.2. The van der Waals surface area contributed by atoms with E-state index < -0.39 is 26.5 Å². The number of nitrogens with two attached hydrogens (primary N) is 1. The Morgan fingerprint density at radius 3 is 1.09 bits per heavy atom. The summed E-state index contributed by atoms with van der Waals surface area (Å²) in [5.74, 6) is -0.818. The van der Waals surface area contributed by atoms with Gasteiger partial charge in [0.2, 0.25) is 0 Å². The minimum absolute atomic E-state index is 0.0524. The molecule has 0 rings (SSSR count). The fourth-order valence-electron chi connectivity index (χ4n) is 9.00. The Kier molecular flexibility index (Phi) is 58.6. The number of rotatable bonds is 59. The zero-order valence-electron chi connectivity index (χ0n) is 48.8. The Morgan fingerprint density at radius 1 is 0.413 bits per heavy atom. The molecule has 9 nitrogen and oxygen atoms in total. The fourth-order valence-corrected chi connectivity index (χ4v) is 9.76. The molecular weight excluding hydrogens is 954 g/mol. The lowest BCUT2D eigenvalue weighted by molar-refractivity contribution is -0.161. The third-order valence-electron chi connectivity index (χ3n) is 13.6. The highest BCUT2D eigenvalue weighted by molar-refractivity contribution is 7.47. The molecule has 0 amide bonds. The second-order valence-corrected chi connectivity index (χ2v) is 22.4. The van der Waals surface area contributed by atoms with E-state index in [0.29, 0.717) is 6.42 Å². The van der Waals surface area contributed by atoms with Gasteiger partial charge in [0.05, 0.1) is 13.2 Å². The molecule has 0 aliphatic heterocycles. The summed E-state index contributed by atoms with van der Waals surface area (Å²) in [7, 11) is -4.39. The van der Waals surface area contributed by atoms with Gasteiger partial charge in [-0.05, 0) is 64.2 Å². The van der Waals surface area contributed by atoms with E-state index in [0.717, 1.165) is 77.0 Å². The van der Waals surface area contributed by atoms with Crippen LogP contribution in [0, 0.1) is 0 Å². The first kappa shape index (κ1) is 72.5. The van der Waals surface area contributed by atoms with Crippen molar-refractivity contribution in [3.05, 3.63) is 72.9 Å². The summed E-state index contributed by atoms with van der Waals surface area (Å²) in [5.41, 5.74) is 5.39. The van der Waals surface area contributed by atoms with Gasteiger partial charge in [-0.1, -0.05) is 292 Å². The lowest BCUT2D eigenvalue weighted by Gasteiger charge is -2.19. The molecule has 0 bridgehead atoms. The number of phosphoric acid groups is 1. The average molecular weight is 1070 g/mol. The molecule has 75 heavy (non-hydrogen) atoms. The first-order valence-electron chi connectivity index (χ1n) is 31.4. The van der Waals surface area contributed by atoms with E-state index in [1.807, 2.05) is 0 Å². The van der Waals surface area contributed by atoms with Crippen molar-refractivity contribution in [3.8, 4) is 0 Å². The van der Waals surface area contributed by atoms with Crippen LogP contribution in [0.15, 0.2) is 72.9 Å². The van der Waals surface area contributed by atoms with E-state index in [4.69, 9.17) is 24.3 Å². The molecule has 0 aliphatic rings. The number of ether oxygens (including phenoxy) is 2. The summed E-state index contributed by atoms with van der Waals surface area (Å²) in [6.45, 7) is 3.67. The number of carbonyl (C=O) groups is 2. The first-order valence-corrected chi connectivity index (χ1v) is 32.9. The van der Waals surface area contributed by atoms with Gasteiger partial charge in [0.1, 0.15) is 6.61 Å². The summed E-state index contributed by atoms with van der Waals surface area (Å²) in [4.78, 5) is 35.3. The van der Waals surface area contributed by atoms with Crippen molar-refractivity contribution in [3.63, 3.8) is 0 Å². The van der Waals surface area contributed by atoms with Crippen LogP contribution in [0.25, 0.3) is 0 Å². The maximum absolute atomic E-state index is 12.7. The normalized spacial score (nSPS) is 13.5. The van der Waals surface area contributed by atoms with Gasteiger partial charge in [0.25, 0.3) is 0 Å². The highest BCUT2D eigenvalue weighted by Gasteiger charge is 2.26. The van der Waals surface area contributed by atoms with Crippen LogP contribution in [0.4, 0.5) is 0 Å². The van der Waals surface area contributed by atoms with Crippen LogP contribution in [0.3, 0.4) is 0 Å². The second kappa shape index (κ2) is 60.7. The molecule has 2 atom stereocenters. The molecule has 0 fully saturated rings. The molecule has 0 aromatic rings. The van der Waals surface area contributed by atoms with Crippen molar-refractivity contribution in [2.75, 3.05) is 26.4 Å². The van der Waals surface area contributed by atoms with E-state index in [-0.39, 0.29) is 38.6 Å². The van der Waals surface area contributed by atoms with E-state index in [1.165, 1.54) is 186 Å². The summed E-state index contributed by atoms with van der Waals surface area (Å²) in [5, 5.41) is 0. The van der Waals surface area contributed by atoms with E-state index in [2.05, 4.69) is 86.8 Å². The van der Waals surface area contributed by atoms with Gasteiger partial charge in [-0.15, -0.1) is 0 Å². The Bertz CT molecular complexity index is 1460. The van der Waals surface area contributed by atoms with Crippen molar-refractivity contribution in [2.24, 2.45) is 5.73 Å². The number of esters is 2. The molecule has 0 spiro atoms. The quantitative estimate of drug-likeness (QED) is 0.0264. The largest absolute Gasteiger partial charge is 0.472 e.